The van der Waals surface area contributed by atoms with Gasteiger partial charge in [-0.15, -0.1) is 0 Å². The third kappa shape index (κ3) is 6.93. The Morgan fingerprint density at radius 1 is 1.06 bits per heavy atom. The Morgan fingerprint density at radius 3 is 2.54 bits per heavy atom. The Morgan fingerprint density at radius 2 is 1.80 bits per heavy atom. The summed E-state index contributed by atoms with van der Waals surface area (Å²) in [6.45, 7) is 11.7. The number of halogens is 1. The van der Waals surface area contributed by atoms with Crippen LogP contribution in [0.1, 0.15) is 31.1 Å². The van der Waals surface area contributed by atoms with Gasteiger partial charge in [-0.3, -0.25) is 9.69 Å². The first-order chi connectivity index (χ1) is 16.8. The predicted octanol–water partition coefficient (Wildman–Crippen LogP) is 5.40. The SMILES string of the molecule is CC(C)(C)CNc1cc(F)cc(C(=O)Nc2ccc(OCCN3CCOCC3)c3ccccc23)c1. The van der Waals surface area contributed by atoms with Crippen molar-refractivity contribution in [2.75, 3.05) is 56.6 Å². The van der Waals surface area contributed by atoms with Gasteiger partial charge in [-0.25, -0.2) is 4.39 Å². The molecule has 0 saturated carbocycles. The van der Waals surface area contributed by atoms with Crippen LogP contribution in [0.25, 0.3) is 10.8 Å². The topological polar surface area (TPSA) is 62.8 Å². The quantitative estimate of drug-likeness (QED) is 0.453. The summed E-state index contributed by atoms with van der Waals surface area (Å²) in [7, 11) is 0. The predicted molar refractivity (Wildman–Crippen MR) is 139 cm³/mol. The van der Waals surface area contributed by atoms with Gasteiger partial charge in [0.1, 0.15) is 18.2 Å². The Bertz CT molecular complexity index is 1170. The first-order valence-electron chi connectivity index (χ1n) is 12.1. The Hall–Kier alpha value is -3.16. The zero-order valence-corrected chi connectivity index (χ0v) is 20.7. The highest BCUT2D eigenvalue weighted by atomic mass is 19.1. The molecule has 1 saturated heterocycles. The second-order valence-electron chi connectivity index (χ2n) is 10.1. The van der Waals surface area contributed by atoms with Crippen molar-refractivity contribution >= 4 is 28.1 Å². The van der Waals surface area contributed by atoms with E-state index in [9.17, 15) is 9.18 Å². The lowest BCUT2D eigenvalue weighted by Gasteiger charge is -2.26. The highest BCUT2D eigenvalue weighted by Gasteiger charge is 2.15. The number of rotatable bonds is 8. The van der Waals surface area contributed by atoms with E-state index in [0.717, 1.165) is 49.4 Å². The third-order valence-corrected chi connectivity index (χ3v) is 5.88. The third-order valence-electron chi connectivity index (χ3n) is 5.88. The van der Waals surface area contributed by atoms with Gasteiger partial charge in [-0.2, -0.15) is 0 Å². The second-order valence-corrected chi connectivity index (χ2v) is 10.1. The van der Waals surface area contributed by atoms with Gasteiger partial charge in [0.2, 0.25) is 0 Å². The average molecular weight is 480 g/mol. The van der Waals surface area contributed by atoms with Crippen LogP contribution in [0.4, 0.5) is 15.8 Å². The zero-order chi connectivity index (χ0) is 24.8. The van der Waals surface area contributed by atoms with Crippen LogP contribution in [0.5, 0.6) is 5.75 Å². The van der Waals surface area contributed by atoms with E-state index in [2.05, 4.69) is 36.3 Å². The van der Waals surface area contributed by atoms with E-state index in [4.69, 9.17) is 9.47 Å². The first-order valence-corrected chi connectivity index (χ1v) is 12.1. The number of hydrogen-bond donors (Lipinski definition) is 2. The largest absolute Gasteiger partial charge is 0.492 e. The molecule has 6 nitrogen and oxygen atoms in total. The number of hydrogen-bond acceptors (Lipinski definition) is 5. The van der Waals surface area contributed by atoms with Crippen LogP contribution in [0.15, 0.2) is 54.6 Å². The average Bonchev–Trinajstić information content (AvgIpc) is 2.84. The lowest BCUT2D eigenvalue weighted by Crippen LogP contribution is -2.38. The van der Waals surface area contributed by atoms with Crippen molar-refractivity contribution < 1.29 is 18.7 Å². The summed E-state index contributed by atoms with van der Waals surface area (Å²) in [5.41, 5.74) is 1.52. The first kappa shape index (κ1) is 24.9. The minimum absolute atomic E-state index is 0.0274. The highest BCUT2D eigenvalue weighted by molar-refractivity contribution is 6.10. The normalized spacial score (nSPS) is 14.6. The van der Waals surface area contributed by atoms with Crippen LogP contribution in [0.3, 0.4) is 0 Å². The highest BCUT2D eigenvalue weighted by Crippen LogP contribution is 2.32. The van der Waals surface area contributed by atoms with Gasteiger partial charge < -0.3 is 20.1 Å². The molecule has 7 heteroatoms. The van der Waals surface area contributed by atoms with Crippen LogP contribution in [0.2, 0.25) is 0 Å². The smallest absolute Gasteiger partial charge is 0.255 e. The molecule has 0 bridgehead atoms. The van der Waals surface area contributed by atoms with Gasteiger partial charge in [0.25, 0.3) is 5.91 Å². The van der Waals surface area contributed by atoms with Gasteiger partial charge in [-0.1, -0.05) is 45.0 Å². The van der Waals surface area contributed by atoms with E-state index in [-0.39, 0.29) is 16.9 Å². The lowest BCUT2D eigenvalue weighted by molar-refractivity contribution is 0.0323. The van der Waals surface area contributed by atoms with Crippen molar-refractivity contribution in [2.24, 2.45) is 5.41 Å². The molecule has 1 aliphatic heterocycles. The van der Waals surface area contributed by atoms with Crippen molar-refractivity contribution in [3.8, 4) is 5.75 Å². The van der Waals surface area contributed by atoms with Crippen molar-refractivity contribution in [1.29, 1.82) is 0 Å². The number of carbonyl (C=O) groups is 1. The van der Waals surface area contributed by atoms with E-state index in [1.54, 1.807) is 6.07 Å². The molecular weight excluding hydrogens is 445 g/mol. The van der Waals surface area contributed by atoms with Gasteiger partial charge in [0, 0.05) is 53.9 Å². The molecule has 0 radical (unpaired) electrons. The fraction of sp³-hybridized carbons (Fsp3) is 0.393. The summed E-state index contributed by atoms with van der Waals surface area (Å²) >= 11 is 0. The zero-order valence-electron chi connectivity index (χ0n) is 20.7. The number of morpholine rings is 1. The number of benzene rings is 3. The summed E-state index contributed by atoms with van der Waals surface area (Å²) in [5.74, 6) is -0.0522. The summed E-state index contributed by atoms with van der Waals surface area (Å²) in [6, 6.07) is 15.8. The molecule has 4 rings (SSSR count). The number of amides is 1. The maximum absolute atomic E-state index is 14.3. The van der Waals surface area contributed by atoms with Gasteiger partial charge in [0.15, 0.2) is 0 Å². The van der Waals surface area contributed by atoms with E-state index < -0.39 is 5.82 Å². The van der Waals surface area contributed by atoms with Crippen molar-refractivity contribution in [3.05, 3.63) is 66.0 Å². The maximum atomic E-state index is 14.3. The monoisotopic (exact) mass is 479 g/mol. The molecule has 1 amide bonds. The molecule has 0 spiro atoms. The second kappa shape index (κ2) is 11.1. The molecule has 35 heavy (non-hydrogen) atoms. The number of anilines is 2. The summed E-state index contributed by atoms with van der Waals surface area (Å²) in [6.07, 6.45) is 0. The van der Waals surface area contributed by atoms with Crippen LogP contribution in [0, 0.1) is 11.2 Å². The molecule has 0 atom stereocenters. The van der Waals surface area contributed by atoms with E-state index in [0.29, 0.717) is 24.5 Å². The van der Waals surface area contributed by atoms with E-state index in [1.807, 2.05) is 36.4 Å². The van der Waals surface area contributed by atoms with Crippen LogP contribution in [-0.4, -0.2) is 56.8 Å². The minimum atomic E-state index is -0.456. The Kier molecular flexibility index (Phi) is 7.88. The van der Waals surface area contributed by atoms with Crippen LogP contribution >= 0.6 is 0 Å². The van der Waals surface area contributed by atoms with Crippen molar-refractivity contribution in [1.82, 2.24) is 4.90 Å². The fourth-order valence-corrected chi connectivity index (χ4v) is 4.00. The number of nitrogens with one attached hydrogen (secondary N) is 2. The molecular formula is C28H34FN3O3. The molecule has 1 fully saturated rings. The summed E-state index contributed by atoms with van der Waals surface area (Å²) < 4.78 is 25.8. The number of carbonyl (C=O) groups excluding carboxylic acids is 1. The van der Waals surface area contributed by atoms with Crippen LogP contribution < -0.4 is 15.4 Å². The molecule has 3 aromatic carbocycles. The van der Waals surface area contributed by atoms with E-state index in [1.165, 1.54) is 12.1 Å². The Labute approximate surface area is 206 Å². The van der Waals surface area contributed by atoms with Gasteiger partial charge in [0.05, 0.1) is 13.2 Å². The molecule has 186 valence electrons. The molecule has 0 aromatic heterocycles. The minimum Gasteiger partial charge on any atom is -0.492 e. The molecule has 2 N–H and O–H groups in total. The van der Waals surface area contributed by atoms with Crippen molar-refractivity contribution in [2.45, 2.75) is 20.8 Å². The number of nitrogens with zero attached hydrogens (tertiary/aromatic N) is 1. The van der Waals surface area contributed by atoms with Crippen LogP contribution in [-0.2, 0) is 4.74 Å². The standard InChI is InChI=1S/C28H34FN3O3/c1-28(2,3)19-30-22-17-20(16-21(29)18-22)27(33)31-25-8-9-26(24-7-5-4-6-23(24)25)35-15-12-32-10-13-34-14-11-32/h4-9,16-18,30H,10-15,19H2,1-3H3,(H,31,33). The van der Waals surface area contributed by atoms with E-state index >= 15 is 0 Å². The molecule has 1 aliphatic rings. The van der Waals surface area contributed by atoms with Crippen molar-refractivity contribution in [3.63, 3.8) is 0 Å². The Balaban J connectivity index is 1.48. The summed E-state index contributed by atoms with van der Waals surface area (Å²) in [4.78, 5) is 15.4. The molecule has 0 aliphatic carbocycles. The molecule has 0 unspecified atom stereocenters. The fourth-order valence-electron chi connectivity index (χ4n) is 4.00. The maximum Gasteiger partial charge on any atom is 0.255 e. The lowest BCUT2D eigenvalue weighted by atomic mass is 9.97. The van der Waals surface area contributed by atoms with Gasteiger partial charge >= 0.3 is 0 Å². The molecule has 3 aromatic rings. The summed E-state index contributed by atoms with van der Waals surface area (Å²) in [5, 5.41) is 7.95. The van der Waals surface area contributed by atoms with Gasteiger partial charge in [-0.05, 0) is 35.7 Å². The molecule has 1 heterocycles. The number of ether oxygens (including phenoxy) is 2. The number of fused-ring (bicyclic) bond motifs is 1.